The maximum absolute atomic E-state index is 13.3. The van der Waals surface area contributed by atoms with E-state index in [0.717, 1.165) is 22.0 Å². The second kappa shape index (κ2) is 8.17. The molecule has 0 bridgehead atoms. The van der Waals surface area contributed by atoms with Crippen molar-refractivity contribution in [1.29, 1.82) is 0 Å². The highest BCUT2D eigenvalue weighted by atomic mass is 79.9. The van der Waals surface area contributed by atoms with E-state index in [9.17, 15) is 14.4 Å². The molecule has 4 aliphatic rings. The predicted octanol–water partition coefficient (Wildman–Crippen LogP) is 2.77. The molecule has 6 rings (SSSR count). The Kier molecular flexibility index (Phi) is 5.25. The third-order valence-electron chi connectivity index (χ3n) is 7.46. The van der Waals surface area contributed by atoms with Crippen LogP contribution in [0, 0.1) is 11.8 Å². The van der Waals surface area contributed by atoms with Gasteiger partial charge in [0.25, 0.3) is 0 Å². The van der Waals surface area contributed by atoms with Crippen LogP contribution in [0.25, 0.3) is 0 Å². The second-order valence-corrected chi connectivity index (χ2v) is 11.2. The normalized spacial score (nSPS) is 28.8. The van der Waals surface area contributed by atoms with Gasteiger partial charge in [-0.05, 0) is 53.0 Å². The largest absolute Gasteiger partial charge is 0.350 e. The molecule has 0 spiro atoms. The number of carbonyl (C=O) groups excluding carboxylic acids is 3. The minimum Gasteiger partial charge on any atom is -0.350 e. The van der Waals surface area contributed by atoms with Crippen molar-refractivity contribution in [2.24, 2.45) is 11.8 Å². The standard InChI is InChI=1S/C25H24BrN3O3S/c26-18-7-3-6-15-16(18)9-17-22(15)23(17)25(32)27-19-8-13-4-1-2-5-14(13)24(19)28-20(30)10-29-12-33-11-21(29)31/h1-7,17,19,22-24H,8-12H2,(H,27,32)(H,28,30)/t17?,19-,22?,23?,24-/m1/s1. The number of fused-ring (bicyclic) bond motifs is 4. The minimum absolute atomic E-state index is 0.000911. The lowest BCUT2D eigenvalue weighted by Gasteiger charge is -2.25. The van der Waals surface area contributed by atoms with Gasteiger partial charge in [0.1, 0.15) is 6.54 Å². The van der Waals surface area contributed by atoms with Crippen LogP contribution in [0.4, 0.5) is 0 Å². The van der Waals surface area contributed by atoms with Gasteiger partial charge in [0.15, 0.2) is 0 Å². The smallest absolute Gasteiger partial charge is 0.240 e. The molecule has 0 aromatic heterocycles. The average molecular weight is 526 g/mol. The Bertz CT molecular complexity index is 1170. The van der Waals surface area contributed by atoms with E-state index in [2.05, 4.69) is 44.8 Å². The van der Waals surface area contributed by atoms with Gasteiger partial charge in [0, 0.05) is 10.4 Å². The van der Waals surface area contributed by atoms with Crippen molar-refractivity contribution in [2.75, 3.05) is 18.2 Å². The first-order valence-corrected chi connectivity index (χ1v) is 13.3. The van der Waals surface area contributed by atoms with Gasteiger partial charge in [-0.1, -0.05) is 52.3 Å². The fourth-order valence-corrected chi connectivity index (χ4v) is 7.31. The van der Waals surface area contributed by atoms with Crippen LogP contribution in [0.5, 0.6) is 0 Å². The highest BCUT2D eigenvalue weighted by Gasteiger charge is 2.60. The summed E-state index contributed by atoms with van der Waals surface area (Å²) >= 11 is 5.16. The van der Waals surface area contributed by atoms with E-state index in [4.69, 9.17) is 0 Å². The number of nitrogens with zero attached hydrogens (tertiary/aromatic N) is 1. The molecule has 2 fully saturated rings. The Balaban J connectivity index is 1.16. The molecule has 2 N–H and O–H groups in total. The summed E-state index contributed by atoms with van der Waals surface area (Å²) in [5.41, 5.74) is 4.82. The number of thioether (sulfide) groups is 1. The summed E-state index contributed by atoms with van der Waals surface area (Å²) in [5, 5.41) is 6.38. The first kappa shape index (κ1) is 21.2. The van der Waals surface area contributed by atoms with Gasteiger partial charge in [-0.2, -0.15) is 0 Å². The van der Waals surface area contributed by atoms with E-state index in [0.29, 0.717) is 29.9 Å². The number of hydrogen-bond acceptors (Lipinski definition) is 4. The molecule has 2 aromatic rings. The van der Waals surface area contributed by atoms with Crippen LogP contribution in [0.3, 0.4) is 0 Å². The Morgan fingerprint density at radius 1 is 1.06 bits per heavy atom. The fourth-order valence-electron chi connectivity index (χ4n) is 5.87. The number of benzene rings is 2. The minimum atomic E-state index is -0.289. The van der Waals surface area contributed by atoms with Crippen LogP contribution < -0.4 is 10.6 Å². The van der Waals surface area contributed by atoms with Gasteiger partial charge in [-0.3, -0.25) is 14.4 Å². The second-order valence-electron chi connectivity index (χ2n) is 9.36. The zero-order valence-electron chi connectivity index (χ0n) is 17.9. The van der Waals surface area contributed by atoms with E-state index in [-0.39, 0.29) is 42.3 Å². The molecule has 5 atom stereocenters. The summed E-state index contributed by atoms with van der Waals surface area (Å²) in [6.45, 7) is 0.0591. The van der Waals surface area contributed by atoms with E-state index in [1.165, 1.54) is 22.9 Å². The third kappa shape index (κ3) is 3.67. The molecule has 6 nitrogen and oxygen atoms in total. The van der Waals surface area contributed by atoms with Crippen LogP contribution in [0.1, 0.15) is 34.2 Å². The molecule has 1 saturated carbocycles. The van der Waals surface area contributed by atoms with Crippen LogP contribution in [0.2, 0.25) is 0 Å². The van der Waals surface area contributed by atoms with Crippen molar-refractivity contribution in [2.45, 2.75) is 30.8 Å². The summed E-state index contributed by atoms with van der Waals surface area (Å²) in [5.74, 6) is 1.55. The number of rotatable bonds is 5. The van der Waals surface area contributed by atoms with Gasteiger partial charge in [0.2, 0.25) is 17.7 Å². The van der Waals surface area contributed by atoms with Crippen molar-refractivity contribution in [3.05, 3.63) is 69.2 Å². The van der Waals surface area contributed by atoms with Crippen molar-refractivity contribution < 1.29 is 14.4 Å². The molecular weight excluding hydrogens is 502 g/mol. The van der Waals surface area contributed by atoms with Crippen LogP contribution in [0.15, 0.2) is 46.9 Å². The molecule has 3 amide bonds. The van der Waals surface area contributed by atoms with Gasteiger partial charge in [0.05, 0.1) is 23.7 Å². The van der Waals surface area contributed by atoms with Gasteiger partial charge in [-0.25, -0.2) is 0 Å². The summed E-state index contributed by atoms with van der Waals surface area (Å²) in [6, 6.07) is 13.8. The van der Waals surface area contributed by atoms with Crippen LogP contribution in [-0.2, 0) is 27.2 Å². The lowest BCUT2D eigenvalue weighted by molar-refractivity contribution is -0.132. The molecule has 2 aromatic carbocycles. The highest BCUT2D eigenvalue weighted by Crippen LogP contribution is 2.62. The monoisotopic (exact) mass is 525 g/mol. The SMILES string of the molecule is O=C(CN1CSCC1=O)N[C@@H]1c2ccccc2C[C@H]1NC(=O)C1C2Cc3c(Br)cccc3C21. The zero-order chi connectivity index (χ0) is 22.7. The van der Waals surface area contributed by atoms with Gasteiger partial charge < -0.3 is 15.5 Å². The zero-order valence-corrected chi connectivity index (χ0v) is 20.3. The number of halogens is 1. The van der Waals surface area contributed by atoms with E-state index < -0.39 is 0 Å². The van der Waals surface area contributed by atoms with E-state index in [1.54, 1.807) is 4.90 Å². The maximum atomic E-state index is 13.3. The average Bonchev–Trinajstić information content (AvgIpc) is 3.03. The molecule has 8 heteroatoms. The molecule has 1 heterocycles. The molecule has 1 saturated heterocycles. The molecule has 33 heavy (non-hydrogen) atoms. The number of hydrogen-bond donors (Lipinski definition) is 2. The number of carbonyl (C=O) groups is 3. The quantitative estimate of drug-likeness (QED) is 0.629. The van der Waals surface area contributed by atoms with E-state index in [1.807, 2.05) is 24.3 Å². The Morgan fingerprint density at radius 3 is 2.70 bits per heavy atom. The fraction of sp³-hybridized carbons (Fsp3) is 0.400. The molecule has 1 aliphatic heterocycles. The predicted molar refractivity (Wildman–Crippen MR) is 130 cm³/mol. The third-order valence-corrected chi connectivity index (χ3v) is 9.15. The summed E-state index contributed by atoms with van der Waals surface area (Å²) in [4.78, 5) is 39.6. The van der Waals surface area contributed by atoms with Crippen molar-refractivity contribution in [3.63, 3.8) is 0 Å². The van der Waals surface area contributed by atoms with Crippen molar-refractivity contribution in [1.82, 2.24) is 15.5 Å². The topological polar surface area (TPSA) is 78.5 Å². The van der Waals surface area contributed by atoms with Crippen molar-refractivity contribution >= 4 is 45.4 Å². The van der Waals surface area contributed by atoms with Gasteiger partial charge in [-0.15, -0.1) is 11.8 Å². The summed E-state index contributed by atoms with van der Waals surface area (Å²) in [7, 11) is 0. The van der Waals surface area contributed by atoms with Crippen LogP contribution >= 0.6 is 27.7 Å². The Hall–Kier alpha value is -2.32. The molecule has 0 radical (unpaired) electrons. The van der Waals surface area contributed by atoms with Gasteiger partial charge >= 0.3 is 0 Å². The highest BCUT2D eigenvalue weighted by molar-refractivity contribution is 9.10. The van der Waals surface area contributed by atoms with Crippen molar-refractivity contribution in [3.8, 4) is 0 Å². The summed E-state index contributed by atoms with van der Waals surface area (Å²) < 4.78 is 1.13. The summed E-state index contributed by atoms with van der Waals surface area (Å²) in [6.07, 6.45) is 1.63. The molecule has 3 unspecified atom stereocenters. The van der Waals surface area contributed by atoms with E-state index >= 15 is 0 Å². The lowest BCUT2D eigenvalue weighted by atomic mass is 10.0. The number of nitrogens with one attached hydrogen (secondary N) is 2. The van der Waals surface area contributed by atoms with Crippen LogP contribution in [-0.4, -0.2) is 46.8 Å². The molecule has 3 aliphatic carbocycles. The lowest BCUT2D eigenvalue weighted by Crippen LogP contribution is -2.47. The molecule has 170 valence electrons. The first-order chi connectivity index (χ1) is 16.0. The maximum Gasteiger partial charge on any atom is 0.240 e. The Labute approximate surface area is 205 Å². The Morgan fingerprint density at radius 2 is 1.88 bits per heavy atom. The molecular formula is C25H24BrN3O3S. The number of amides is 3. The first-order valence-electron chi connectivity index (χ1n) is 11.3.